The first-order valence-electron chi connectivity index (χ1n) is 7.71. The molecule has 0 aliphatic heterocycles. The number of aryl methyl sites for hydroxylation is 2. The van der Waals surface area contributed by atoms with Crippen LogP contribution in [-0.4, -0.2) is 11.0 Å². The Hall–Kier alpha value is -1.87. The van der Waals surface area contributed by atoms with Gasteiger partial charge in [-0.2, -0.15) is 0 Å². The molecule has 0 amide bonds. The zero-order valence-electron chi connectivity index (χ0n) is 12.7. The Balaban J connectivity index is 1.73. The van der Waals surface area contributed by atoms with Gasteiger partial charge in [-0.15, -0.1) is 0 Å². The van der Waals surface area contributed by atoms with Crippen LogP contribution in [0.15, 0.2) is 36.4 Å². The normalized spacial score (nSPS) is 14.2. The van der Waals surface area contributed by atoms with Crippen LogP contribution in [0.25, 0.3) is 0 Å². The highest BCUT2D eigenvalue weighted by Gasteiger charge is 2.19. The molecular weight excluding hydrogens is 260 g/mol. The van der Waals surface area contributed by atoms with Gasteiger partial charge in [-0.1, -0.05) is 19.1 Å². The fourth-order valence-electron chi connectivity index (χ4n) is 2.34. The first-order valence-corrected chi connectivity index (χ1v) is 7.71. The highest BCUT2D eigenvalue weighted by atomic mass is 16.5. The molecule has 1 aliphatic carbocycles. The lowest BCUT2D eigenvalue weighted by Crippen LogP contribution is -2.15. The quantitative estimate of drug-likeness (QED) is 0.869. The summed E-state index contributed by atoms with van der Waals surface area (Å²) in [5.74, 6) is 1.74. The van der Waals surface area contributed by atoms with E-state index in [2.05, 4.69) is 29.4 Å². The Morgan fingerprint density at radius 3 is 2.86 bits per heavy atom. The summed E-state index contributed by atoms with van der Waals surface area (Å²) < 4.78 is 6.03. The van der Waals surface area contributed by atoms with Crippen molar-refractivity contribution in [1.82, 2.24) is 10.3 Å². The molecule has 1 saturated carbocycles. The average Bonchev–Trinajstić information content (AvgIpc) is 3.32. The van der Waals surface area contributed by atoms with E-state index in [1.807, 2.05) is 31.2 Å². The van der Waals surface area contributed by atoms with Crippen molar-refractivity contribution in [3.8, 4) is 11.5 Å². The van der Waals surface area contributed by atoms with Gasteiger partial charge in [0, 0.05) is 18.3 Å². The third-order valence-electron chi connectivity index (χ3n) is 3.71. The number of nitrogens with one attached hydrogen (secondary N) is 1. The highest BCUT2D eigenvalue weighted by molar-refractivity contribution is 5.37. The summed E-state index contributed by atoms with van der Waals surface area (Å²) >= 11 is 0. The molecule has 21 heavy (non-hydrogen) atoms. The van der Waals surface area contributed by atoms with Crippen molar-refractivity contribution >= 4 is 0 Å². The Labute approximate surface area is 126 Å². The molecule has 1 fully saturated rings. The molecule has 0 radical (unpaired) electrons. The van der Waals surface area contributed by atoms with E-state index in [1.54, 1.807) is 0 Å². The topological polar surface area (TPSA) is 34.1 Å². The lowest BCUT2D eigenvalue weighted by molar-refractivity contribution is 0.471. The van der Waals surface area contributed by atoms with Crippen molar-refractivity contribution in [3.63, 3.8) is 0 Å². The van der Waals surface area contributed by atoms with Crippen LogP contribution >= 0.6 is 0 Å². The van der Waals surface area contributed by atoms with Crippen molar-refractivity contribution in [3.05, 3.63) is 53.3 Å². The Morgan fingerprint density at radius 1 is 1.24 bits per heavy atom. The SMILES string of the molecule is CCc1nc(C)ccc1Oc1cccc(CNC2CC2)c1. The second-order valence-corrected chi connectivity index (χ2v) is 5.66. The standard InChI is InChI=1S/C18H22N2O/c1-3-17-18(10-7-13(2)20-17)21-16-6-4-5-14(11-16)12-19-15-8-9-15/h4-7,10-11,15,19H,3,8-9,12H2,1-2H3. The van der Waals surface area contributed by atoms with Gasteiger partial charge >= 0.3 is 0 Å². The third-order valence-corrected chi connectivity index (χ3v) is 3.71. The van der Waals surface area contributed by atoms with Crippen LogP contribution in [0.1, 0.15) is 36.7 Å². The molecule has 3 heteroatoms. The van der Waals surface area contributed by atoms with Crippen molar-refractivity contribution < 1.29 is 4.74 Å². The summed E-state index contributed by atoms with van der Waals surface area (Å²) in [4.78, 5) is 4.54. The molecule has 0 unspecified atom stereocenters. The minimum Gasteiger partial charge on any atom is -0.455 e. The van der Waals surface area contributed by atoms with Gasteiger partial charge in [0.15, 0.2) is 0 Å². The first kappa shape index (κ1) is 14.1. The van der Waals surface area contributed by atoms with E-state index in [0.717, 1.165) is 41.9 Å². The van der Waals surface area contributed by atoms with E-state index in [-0.39, 0.29) is 0 Å². The molecule has 1 heterocycles. The van der Waals surface area contributed by atoms with Gasteiger partial charge < -0.3 is 10.1 Å². The van der Waals surface area contributed by atoms with Crippen LogP contribution in [0.5, 0.6) is 11.5 Å². The largest absolute Gasteiger partial charge is 0.455 e. The maximum Gasteiger partial charge on any atom is 0.148 e. The summed E-state index contributed by atoms with van der Waals surface area (Å²) in [6.45, 7) is 5.02. The van der Waals surface area contributed by atoms with Gasteiger partial charge in [-0.3, -0.25) is 4.98 Å². The molecule has 3 rings (SSSR count). The zero-order valence-corrected chi connectivity index (χ0v) is 12.7. The number of pyridine rings is 1. The Kier molecular flexibility index (Phi) is 4.20. The minimum absolute atomic E-state index is 0.725. The van der Waals surface area contributed by atoms with E-state index in [0.29, 0.717) is 0 Å². The molecule has 2 aromatic rings. The lowest BCUT2D eigenvalue weighted by atomic mass is 10.2. The Morgan fingerprint density at radius 2 is 2.10 bits per heavy atom. The van der Waals surface area contributed by atoms with Gasteiger partial charge in [0.05, 0.1) is 5.69 Å². The highest BCUT2D eigenvalue weighted by Crippen LogP contribution is 2.26. The predicted octanol–water partition coefficient (Wildman–Crippen LogP) is 4.00. The van der Waals surface area contributed by atoms with Crippen molar-refractivity contribution in [2.45, 2.75) is 45.7 Å². The van der Waals surface area contributed by atoms with E-state index in [4.69, 9.17) is 4.74 Å². The number of hydrogen-bond acceptors (Lipinski definition) is 3. The van der Waals surface area contributed by atoms with Crippen molar-refractivity contribution in [2.24, 2.45) is 0 Å². The van der Waals surface area contributed by atoms with E-state index >= 15 is 0 Å². The summed E-state index contributed by atoms with van der Waals surface area (Å²) in [7, 11) is 0. The summed E-state index contributed by atoms with van der Waals surface area (Å²) in [5.41, 5.74) is 3.30. The first-order chi connectivity index (χ1) is 10.2. The average molecular weight is 282 g/mol. The fraction of sp³-hybridized carbons (Fsp3) is 0.389. The number of benzene rings is 1. The smallest absolute Gasteiger partial charge is 0.148 e. The molecule has 1 N–H and O–H groups in total. The lowest BCUT2D eigenvalue weighted by Gasteiger charge is -2.11. The van der Waals surface area contributed by atoms with Gasteiger partial charge in [0.1, 0.15) is 11.5 Å². The molecule has 0 atom stereocenters. The van der Waals surface area contributed by atoms with Crippen LogP contribution < -0.4 is 10.1 Å². The van der Waals surface area contributed by atoms with Gasteiger partial charge in [-0.05, 0) is 56.0 Å². The molecule has 1 aliphatic rings. The maximum absolute atomic E-state index is 6.03. The third kappa shape index (κ3) is 3.82. The van der Waals surface area contributed by atoms with Crippen molar-refractivity contribution in [2.75, 3.05) is 0 Å². The summed E-state index contributed by atoms with van der Waals surface area (Å²) in [6, 6.07) is 13.0. The maximum atomic E-state index is 6.03. The van der Waals surface area contributed by atoms with E-state index in [1.165, 1.54) is 18.4 Å². The zero-order chi connectivity index (χ0) is 14.7. The Bertz CT molecular complexity index is 620. The fourth-order valence-corrected chi connectivity index (χ4v) is 2.34. The summed E-state index contributed by atoms with van der Waals surface area (Å²) in [6.07, 6.45) is 3.50. The van der Waals surface area contributed by atoms with Crippen LogP contribution in [-0.2, 0) is 13.0 Å². The van der Waals surface area contributed by atoms with Crippen molar-refractivity contribution in [1.29, 1.82) is 0 Å². The van der Waals surface area contributed by atoms with Crippen LogP contribution in [0.2, 0.25) is 0 Å². The molecular formula is C18H22N2O. The predicted molar refractivity (Wildman–Crippen MR) is 84.7 cm³/mol. The number of aromatic nitrogens is 1. The molecule has 3 nitrogen and oxygen atoms in total. The molecule has 0 saturated heterocycles. The second-order valence-electron chi connectivity index (χ2n) is 5.66. The van der Waals surface area contributed by atoms with Gasteiger partial charge in [0.2, 0.25) is 0 Å². The minimum atomic E-state index is 0.725. The summed E-state index contributed by atoms with van der Waals surface area (Å²) in [5, 5.41) is 3.53. The van der Waals surface area contributed by atoms with E-state index < -0.39 is 0 Å². The number of rotatable bonds is 6. The van der Waals surface area contributed by atoms with Gasteiger partial charge in [-0.25, -0.2) is 0 Å². The molecule has 0 bridgehead atoms. The van der Waals surface area contributed by atoms with Gasteiger partial charge in [0.25, 0.3) is 0 Å². The van der Waals surface area contributed by atoms with Crippen LogP contribution in [0.4, 0.5) is 0 Å². The number of nitrogens with zero attached hydrogens (tertiary/aromatic N) is 1. The number of hydrogen-bond donors (Lipinski definition) is 1. The number of ether oxygens (including phenoxy) is 1. The monoisotopic (exact) mass is 282 g/mol. The molecule has 1 aromatic heterocycles. The van der Waals surface area contributed by atoms with E-state index in [9.17, 15) is 0 Å². The van der Waals surface area contributed by atoms with Crippen LogP contribution in [0, 0.1) is 6.92 Å². The molecule has 1 aromatic carbocycles. The molecule has 0 spiro atoms. The second kappa shape index (κ2) is 6.27. The van der Waals surface area contributed by atoms with Crippen LogP contribution in [0.3, 0.4) is 0 Å². The molecule has 110 valence electrons.